The maximum Gasteiger partial charge on any atom is 0.262 e. The van der Waals surface area contributed by atoms with E-state index in [9.17, 15) is 13.2 Å². The van der Waals surface area contributed by atoms with E-state index in [1.54, 1.807) is 11.6 Å². The van der Waals surface area contributed by atoms with Gasteiger partial charge in [-0.15, -0.1) is 0 Å². The summed E-state index contributed by atoms with van der Waals surface area (Å²) in [7, 11) is -1.89. The average molecular weight is 243 g/mol. The van der Waals surface area contributed by atoms with E-state index in [2.05, 4.69) is 4.98 Å². The van der Waals surface area contributed by atoms with Gasteiger partial charge < -0.3 is 4.57 Å². The Bertz CT molecular complexity index is 506. The van der Waals surface area contributed by atoms with Crippen LogP contribution in [-0.2, 0) is 21.9 Å². The third-order valence-electron chi connectivity index (χ3n) is 2.50. The molecule has 7 heteroatoms. The number of ketones is 1. The number of nitrogens with zero attached hydrogens (tertiary/aromatic N) is 3. The molecule has 0 unspecified atom stereocenters. The fraction of sp³-hybridized carbons (Fsp3) is 0.556. The highest BCUT2D eigenvalue weighted by Crippen LogP contribution is 2.17. The molecule has 0 spiro atoms. The monoisotopic (exact) mass is 243 g/mol. The van der Waals surface area contributed by atoms with Crippen LogP contribution in [0.15, 0.2) is 17.6 Å². The molecular weight excluding hydrogens is 230 g/mol. The number of aromatic nitrogens is 2. The summed E-state index contributed by atoms with van der Waals surface area (Å²) in [6.07, 6.45) is 3.92. The summed E-state index contributed by atoms with van der Waals surface area (Å²) in [6, 6.07) is 0. The first kappa shape index (κ1) is 11.3. The lowest BCUT2D eigenvalue weighted by atomic mass is 10.1. The molecule has 1 aliphatic rings. The molecule has 88 valence electrons. The second kappa shape index (κ2) is 3.99. The zero-order valence-electron chi connectivity index (χ0n) is 8.96. The Hall–Kier alpha value is -1.21. The molecular formula is C9H13N3O3S. The summed E-state index contributed by atoms with van der Waals surface area (Å²) in [5.74, 6) is -0.0363. The first-order chi connectivity index (χ1) is 7.50. The lowest BCUT2D eigenvalue weighted by Gasteiger charge is -2.23. The minimum Gasteiger partial charge on any atom is -0.339 e. The molecule has 0 bridgehead atoms. The van der Waals surface area contributed by atoms with E-state index in [0.717, 1.165) is 0 Å². The Morgan fingerprint density at radius 3 is 2.75 bits per heavy atom. The summed E-state index contributed by atoms with van der Waals surface area (Å²) in [4.78, 5) is 15.0. The van der Waals surface area contributed by atoms with Gasteiger partial charge in [0.05, 0.1) is 12.9 Å². The number of imidazole rings is 1. The molecule has 2 rings (SSSR count). The fourth-order valence-corrected chi connectivity index (χ4v) is 3.09. The van der Waals surface area contributed by atoms with Crippen LogP contribution in [0.25, 0.3) is 0 Å². The van der Waals surface area contributed by atoms with E-state index in [0.29, 0.717) is 19.4 Å². The van der Waals surface area contributed by atoms with Crippen LogP contribution in [0.4, 0.5) is 0 Å². The molecule has 0 aromatic carbocycles. The lowest BCUT2D eigenvalue weighted by molar-refractivity contribution is -0.120. The van der Waals surface area contributed by atoms with Gasteiger partial charge in [-0.2, -0.15) is 4.31 Å². The summed E-state index contributed by atoms with van der Waals surface area (Å²) in [5, 5.41) is 0.00435. The number of rotatable bonds is 2. The van der Waals surface area contributed by atoms with E-state index >= 15 is 0 Å². The summed E-state index contributed by atoms with van der Waals surface area (Å²) < 4.78 is 26.9. The van der Waals surface area contributed by atoms with E-state index in [1.165, 1.54) is 16.8 Å². The number of sulfonamides is 1. The second-order valence-electron chi connectivity index (χ2n) is 3.86. The minimum atomic E-state index is -3.59. The van der Waals surface area contributed by atoms with Gasteiger partial charge in [-0.05, 0) is 6.42 Å². The van der Waals surface area contributed by atoms with Crippen LogP contribution in [0.1, 0.15) is 12.8 Å². The van der Waals surface area contributed by atoms with Gasteiger partial charge in [0, 0.05) is 26.2 Å². The minimum absolute atomic E-state index is 0.00435. The van der Waals surface area contributed by atoms with Crippen LogP contribution in [-0.4, -0.2) is 41.1 Å². The third-order valence-corrected chi connectivity index (χ3v) is 4.23. The molecule has 1 aromatic heterocycles. The number of hydrogen-bond acceptors (Lipinski definition) is 4. The molecule has 1 saturated heterocycles. The van der Waals surface area contributed by atoms with Gasteiger partial charge in [-0.3, -0.25) is 4.79 Å². The number of hydrogen-bond donors (Lipinski definition) is 0. The number of piperidine rings is 1. The Kier molecular flexibility index (Phi) is 2.81. The van der Waals surface area contributed by atoms with Gasteiger partial charge in [-0.1, -0.05) is 0 Å². The Labute approximate surface area is 93.9 Å². The average Bonchev–Trinajstić information content (AvgIpc) is 2.65. The van der Waals surface area contributed by atoms with Crippen molar-refractivity contribution in [3.63, 3.8) is 0 Å². The quantitative estimate of drug-likeness (QED) is 0.719. The number of Topliss-reactive ketones (excluding diaryl/α,β-unsaturated/α-hetero) is 1. The molecule has 0 amide bonds. The second-order valence-corrected chi connectivity index (χ2v) is 5.74. The van der Waals surface area contributed by atoms with Gasteiger partial charge in [0.15, 0.2) is 5.03 Å². The topological polar surface area (TPSA) is 72.3 Å². The van der Waals surface area contributed by atoms with Crippen molar-refractivity contribution >= 4 is 15.8 Å². The zero-order valence-corrected chi connectivity index (χ0v) is 9.77. The zero-order chi connectivity index (χ0) is 11.8. The van der Waals surface area contributed by atoms with E-state index in [1.807, 2.05) is 0 Å². The number of carbonyl (C=O) groups excluding carboxylic acids is 1. The Morgan fingerprint density at radius 2 is 2.19 bits per heavy atom. The third kappa shape index (κ3) is 2.00. The first-order valence-electron chi connectivity index (χ1n) is 5.00. The molecule has 2 heterocycles. The van der Waals surface area contributed by atoms with Crippen molar-refractivity contribution in [3.05, 3.63) is 12.5 Å². The van der Waals surface area contributed by atoms with Gasteiger partial charge >= 0.3 is 0 Å². The molecule has 0 saturated carbocycles. The van der Waals surface area contributed by atoms with Crippen molar-refractivity contribution in [3.8, 4) is 0 Å². The fourth-order valence-electron chi connectivity index (χ4n) is 1.67. The van der Waals surface area contributed by atoms with Crippen molar-refractivity contribution < 1.29 is 13.2 Å². The van der Waals surface area contributed by atoms with Crippen LogP contribution in [0.3, 0.4) is 0 Å². The molecule has 6 nitrogen and oxygen atoms in total. The lowest BCUT2D eigenvalue weighted by Crippen LogP contribution is -2.40. The highest BCUT2D eigenvalue weighted by molar-refractivity contribution is 7.89. The van der Waals surface area contributed by atoms with E-state index < -0.39 is 10.0 Å². The molecule has 0 atom stereocenters. The van der Waals surface area contributed by atoms with Crippen LogP contribution in [0.2, 0.25) is 0 Å². The number of carbonyl (C=O) groups is 1. The molecule has 0 radical (unpaired) electrons. The number of aryl methyl sites for hydroxylation is 1. The van der Waals surface area contributed by atoms with Crippen molar-refractivity contribution in [2.75, 3.05) is 13.1 Å². The van der Waals surface area contributed by atoms with E-state index in [4.69, 9.17) is 0 Å². The van der Waals surface area contributed by atoms with Crippen LogP contribution < -0.4 is 0 Å². The Morgan fingerprint density at radius 1 is 1.44 bits per heavy atom. The molecule has 0 N–H and O–H groups in total. The predicted octanol–water partition coefficient (Wildman–Crippen LogP) is -0.226. The Balaban J connectivity index is 2.28. The maximum absolute atomic E-state index is 12.0. The summed E-state index contributed by atoms with van der Waals surface area (Å²) in [5.41, 5.74) is 0. The maximum atomic E-state index is 12.0. The molecule has 1 aromatic rings. The standard InChI is InChI=1S/C9H13N3O3S/c1-11-6-9(10-7-11)16(14,15)12-4-2-3-8(13)5-12/h6-7H,2-5H2,1H3. The van der Waals surface area contributed by atoms with Crippen LogP contribution in [0.5, 0.6) is 0 Å². The predicted molar refractivity (Wildman–Crippen MR) is 56.2 cm³/mol. The summed E-state index contributed by atoms with van der Waals surface area (Å²) in [6.45, 7) is 0.365. The van der Waals surface area contributed by atoms with Crippen LogP contribution >= 0.6 is 0 Å². The molecule has 0 aliphatic carbocycles. The van der Waals surface area contributed by atoms with Crippen molar-refractivity contribution in [1.29, 1.82) is 0 Å². The molecule has 1 aliphatic heterocycles. The van der Waals surface area contributed by atoms with Crippen LogP contribution in [0, 0.1) is 0 Å². The molecule has 1 fully saturated rings. The highest BCUT2D eigenvalue weighted by atomic mass is 32.2. The van der Waals surface area contributed by atoms with Gasteiger partial charge in [0.2, 0.25) is 0 Å². The van der Waals surface area contributed by atoms with Crippen molar-refractivity contribution in [1.82, 2.24) is 13.9 Å². The van der Waals surface area contributed by atoms with Crippen molar-refractivity contribution in [2.24, 2.45) is 7.05 Å². The van der Waals surface area contributed by atoms with E-state index in [-0.39, 0.29) is 17.4 Å². The van der Waals surface area contributed by atoms with Crippen molar-refractivity contribution in [2.45, 2.75) is 17.9 Å². The molecule has 16 heavy (non-hydrogen) atoms. The summed E-state index contributed by atoms with van der Waals surface area (Å²) >= 11 is 0. The highest BCUT2D eigenvalue weighted by Gasteiger charge is 2.30. The smallest absolute Gasteiger partial charge is 0.262 e. The normalized spacial score (nSPS) is 18.9. The van der Waals surface area contributed by atoms with Gasteiger partial charge in [0.25, 0.3) is 10.0 Å². The first-order valence-corrected chi connectivity index (χ1v) is 6.44. The van der Waals surface area contributed by atoms with Gasteiger partial charge in [0.1, 0.15) is 5.78 Å². The largest absolute Gasteiger partial charge is 0.339 e. The van der Waals surface area contributed by atoms with Gasteiger partial charge in [-0.25, -0.2) is 13.4 Å². The SMILES string of the molecule is Cn1cnc(S(=O)(=O)N2CCCC(=O)C2)c1.